The van der Waals surface area contributed by atoms with Gasteiger partial charge in [0.2, 0.25) is 11.5 Å². The molecule has 0 aliphatic heterocycles. The van der Waals surface area contributed by atoms with Crippen LogP contribution in [0.1, 0.15) is 255 Å². The van der Waals surface area contributed by atoms with Crippen LogP contribution in [-0.2, 0) is 0 Å². The lowest BCUT2D eigenvalue weighted by Crippen LogP contribution is -2.15. The van der Waals surface area contributed by atoms with Crippen LogP contribution in [0.2, 0.25) is 0 Å². The lowest BCUT2D eigenvalue weighted by molar-refractivity contribution is -0.422. The van der Waals surface area contributed by atoms with Gasteiger partial charge in [0.1, 0.15) is 0 Å². The van der Waals surface area contributed by atoms with E-state index in [1.807, 2.05) is 0 Å². The van der Waals surface area contributed by atoms with Crippen molar-refractivity contribution in [2.45, 2.75) is 234 Å². The highest BCUT2D eigenvalue weighted by Crippen LogP contribution is 2.44. The number of nitro groups is 2. The number of rotatable bonds is 48. The summed E-state index contributed by atoms with van der Waals surface area (Å²) >= 11 is 0. The second kappa shape index (κ2) is 41.3. The number of hydrogen-bond donors (Lipinski definition) is 0. The zero-order valence-electron chi connectivity index (χ0n) is 48.5. The Balaban J connectivity index is 2.15. The molecule has 0 saturated heterocycles. The van der Waals surface area contributed by atoms with Gasteiger partial charge in [0.05, 0.1) is 72.7 Å². The molecule has 16 nitrogen and oxygen atoms in total. The van der Waals surface area contributed by atoms with Crippen LogP contribution in [0.3, 0.4) is 0 Å². The molecule has 16 heteroatoms. The first kappa shape index (κ1) is 66.5. The van der Waals surface area contributed by atoms with E-state index in [4.69, 9.17) is 37.9 Å². The van der Waals surface area contributed by atoms with Gasteiger partial charge < -0.3 is 37.9 Å². The Kier molecular flexibility index (Phi) is 35.2. The second-order valence-electron chi connectivity index (χ2n) is 20.3. The van der Waals surface area contributed by atoms with E-state index in [1.54, 1.807) is 0 Å². The van der Waals surface area contributed by atoms with Crippen molar-refractivity contribution in [1.29, 1.82) is 0 Å². The van der Waals surface area contributed by atoms with Crippen molar-refractivity contribution in [2.24, 2.45) is 0 Å². The highest BCUT2D eigenvalue weighted by Gasteiger charge is 2.32. The molecule has 0 unspecified atom stereocenters. The van der Waals surface area contributed by atoms with Crippen molar-refractivity contribution < 1.29 is 57.3 Å². The van der Waals surface area contributed by atoms with Crippen molar-refractivity contribution in [3.05, 3.63) is 67.8 Å². The highest BCUT2D eigenvalue weighted by molar-refractivity contribution is 5.95. The molecule has 0 amide bonds. The topological polar surface area (TPSA) is 194 Å². The smallest absolute Gasteiger partial charge is 0.350 e. The third kappa shape index (κ3) is 25.8. The first-order valence-corrected chi connectivity index (χ1v) is 30.1. The van der Waals surface area contributed by atoms with Crippen LogP contribution in [0.25, 0.3) is 0 Å². The summed E-state index contributed by atoms with van der Waals surface area (Å²) in [7, 11) is 0. The molecular weight excluding hydrogens is 997 g/mol. The minimum Gasteiger partial charge on any atom is -0.490 e. The number of carbonyl (C=O) groups excluding carboxylic acids is 2. The van der Waals surface area contributed by atoms with E-state index in [9.17, 15) is 29.8 Å². The summed E-state index contributed by atoms with van der Waals surface area (Å²) in [6, 6.07) is 7.34. The Labute approximate surface area is 466 Å². The molecule has 3 rings (SSSR count). The Bertz CT molecular complexity index is 1960. The van der Waals surface area contributed by atoms with Gasteiger partial charge in [0.25, 0.3) is 0 Å². The first-order chi connectivity index (χ1) is 38.0. The Hall–Kier alpha value is -5.80. The third-order valence-electron chi connectivity index (χ3n) is 13.4. The molecule has 0 fully saturated rings. The van der Waals surface area contributed by atoms with Crippen LogP contribution in [0.15, 0.2) is 36.4 Å². The largest absolute Gasteiger partial charge is 0.490 e. The van der Waals surface area contributed by atoms with Crippen molar-refractivity contribution in [3.8, 4) is 46.0 Å². The Morgan fingerprint density at radius 3 is 0.756 bits per heavy atom. The van der Waals surface area contributed by atoms with Gasteiger partial charge in [-0.1, -0.05) is 196 Å². The number of carbonyl (C=O) groups is 2. The van der Waals surface area contributed by atoms with Crippen LogP contribution in [0, 0.1) is 20.2 Å². The van der Waals surface area contributed by atoms with E-state index in [-0.39, 0.29) is 34.1 Å². The number of nitrogens with zero attached hydrogens (tertiary/aromatic N) is 2. The zero-order valence-corrected chi connectivity index (χ0v) is 48.5. The monoisotopic (exact) mass is 1090 g/mol. The molecule has 3 aromatic carbocycles. The van der Waals surface area contributed by atoms with Crippen LogP contribution in [-0.4, -0.2) is 61.4 Å². The lowest BCUT2D eigenvalue weighted by Gasteiger charge is -2.19. The standard InChI is InChI=1S/C62H96N2O14/c1-7-13-19-25-31-37-71-55-43-49(44-56(72-38-32-26-20-14-8-2)59(55)75-41-35-29-23-17-11-5)61(65)77-53-47-51(63(67)68)52(64(69)70)48-54(53)78-62(66)50-45-57(73-39-33-27-21-15-9-3)60(76-42-36-30-24-18-12-6)58(46-50)74-40-34-28-22-16-10-4/h43-48H,7-42H2,1-6H3. The van der Waals surface area contributed by atoms with E-state index in [1.165, 1.54) is 24.3 Å². The third-order valence-corrected chi connectivity index (χ3v) is 13.4. The van der Waals surface area contributed by atoms with Crippen LogP contribution in [0.4, 0.5) is 11.4 Å². The minimum absolute atomic E-state index is 0.0561. The van der Waals surface area contributed by atoms with Crippen molar-refractivity contribution >= 4 is 23.3 Å². The molecule has 0 heterocycles. The van der Waals surface area contributed by atoms with Gasteiger partial charge in [-0.2, -0.15) is 0 Å². The van der Waals surface area contributed by atoms with E-state index in [2.05, 4.69) is 41.5 Å². The summed E-state index contributed by atoms with van der Waals surface area (Å²) < 4.78 is 50.0. The fourth-order valence-electron chi connectivity index (χ4n) is 8.72. The fraction of sp³-hybridized carbons (Fsp3) is 0.677. The number of nitro benzene ring substituents is 2. The normalized spacial score (nSPS) is 11.1. The summed E-state index contributed by atoms with van der Waals surface area (Å²) in [6.07, 6.45) is 30.0. The zero-order chi connectivity index (χ0) is 56.6. The minimum atomic E-state index is -1.03. The molecule has 0 atom stereocenters. The fourth-order valence-corrected chi connectivity index (χ4v) is 8.72. The lowest BCUT2D eigenvalue weighted by atomic mass is 10.1. The number of benzene rings is 3. The summed E-state index contributed by atoms with van der Waals surface area (Å²) in [5, 5.41) is 24.8. The molecule has 0 radical (unpaired) electrons. The van der Waals surface area contributed by atoms with Crippen LogP contribution in [0.5, 0.6) is 46.0 Å². The quantitative estimate of drug-likeness (QED) is 0.0170. The molecule has 0 N–H and O–H groups in total. The average Bonchev–Trinajstić information content (AvgIpc) is 3.42. The van der Waals surface area contributed by atoms with E-state index < -0.39 is 44.7 Å². The number of ether oxygens (including phenoxy) is 8. The number of unbranched alkanes of at least 4 members (excludes halogenated alkanes) is 24. The highest BCUT2D eigenvalue weighted by atomic mass is 16.6. The van der Waals surface area contributed by atoms with Crippen LogP contribution < -0.4 is 37.9 Å². The van der Waals surface area contributed by atoms with Crippen molar-refractivity contribution in [3.63, 3.8) is 0 Å². The van der Waals surface area contributed by atoms with Gasteiger partial charge in [0.15, 0.2) is 34.5 Å². The molecule has 438 valence electrons. The molecule has 0 aliphatic carbocycles. The van der Waals surface area contributed by atoms with Gasteiger partial charge in [-0.05, 0) is 62.8 Å². The summed E-state index contributed by atoms with van der Waals surface area (Å²) in [5.74, 6) is -1.51. The van der Waals surface area contributed by atoms with Crippen molar-refractivity contribution in [2.75, 3.05) is 39.6 Å². The predicted octanol–water partition coefficient (Wildman–Crippen LogP) is 18.0. The Morgan fingerprint density at radius 1 is 0.321 bits per heavy atom. The SMILES string of the molecule is CCCCCCCOc1cc(C(=O)Oc2cc([N+](=O)[O-])c([N+](=O)[O-])cc2OC(=O)c2cc(OCCCCCCC)c(OCCCCCCC)c(OCCCCCCC)c2)cc(OCCCCCCC)c1OCCCCCCC. The summed E-state index contributed by atoms with van der Waals surface area (Å²) in [4.78, 5) is 51.8. The second-order valence-corrected chi connectivity index (χ2v) is 20.3. The van der Waals surface area contributed by atoms with Crippen molar-refractivity contribution in [1.82, 2.24) is 0 Å². The molecule has 0 bridgehead atoms. The van der Waals surface area contributed by atoms with E-state index in [0.717, 1.165) is 193 Å². The molecule has 0 saturated carbocycles. The Morgan fingerprint density at radius 2 is 0.538 bits per heavy atom. The summed E-state index contributed by atoms with van der Waals surface area (Å²) in [5.41, 5.74) is -2.08. The van der Waals surface area contributed by atoms with Gasteiger partial charge in [-0.25, -0.2) is 9.59 Å². The van der Waals surface area contributed by atoms with Gasteiger partial charge in [-0.15, -0.1) is 0 Å². The van der Waals surface area contributed by atoms with Gasteiger partial charge >= 0.3 is 23.3 Å². The molecule has 0 spiro atoms. The maximum atomic E-state index is 14.5. The van der Waals surface area contributed by atoms with E-state index >= 15 is 0 Å². The van der Waals surface area contributed by atoms with Gasteiger partial charge in [-0.3, -0.25) is 20.2 Å². The van der Waals surface area contributed by atoms with Crippen LogP contribution >= 0.6 is 0 Å². The van der Waals surface area contributed by atoms with E-state index in [0.29, 0.717) is 63.3 Å². The van der Waals surface area contributed by atoms with Gasteiger partial charge in [0, 0.05) is 0 Å². The molecule has 0 aliphatic rings. The molecule has 0 aromatic heterocycles. The number of hydrogen-bond acceptors (Lipinski definition) is 14. The first-order valence-electron chi connectivity index (χ1n) is 30.1. The average molecular weight is 1090 g/mol. The molecular formula is C62H96N2O14. The maximum absolute atomic E-state index is 14.5. The summed E-state index contributed by atoms with van der Waals surface area (Å²) in [6.45, 7) is 15.1. The predicted molar refractivity (Wildman–Crippen MR) is 308 cm³/mol. The molecule has 78 heavy (non-hydrogen) atoms. The number of esters is 2. The maximum Gasteiger partial charge on any atom is 0.350 e. The molecule has 3 aromatic rings.